The first kappa shape index (κ1) is 15.2. The molecule has 0 amide bonds. The van der Waals surface area contributed by atoms with Gasteiger partial charge in [-0.15, -0.1) is 0 Å². The van der Waals surface area contributed by atoms with Crippen LogP contribution in [-0.2, 0) is 19.5 Å². The SMILES string of the molecule is COc1ncnc(N)c1CN1CCc2ccc([N+](=O)[O-])cc2C1. The van der Waals surface area contributed by atoms with E-state index in [2.05, 4.69) is 14.9 Å². The standard InChI is InChI=1S/C15H17N5O3/c1-23-15-13(14(16)17-9-18-15)8-19-5-4-10-2-3-12(20(21)22)6-11(10)7-19/h2-3,6,9H,4-5,7-8H2,1H3,(H2,16,17,18). The molecule has 0 bridgehead atoms. The minimum absolute atomic E-state index is 0.116. The molecular formula is C15H17N5O3. The Morgan fingerprint density at radius 1 is 1.39 bits per heavy atom. The molecule has 3 rings (SSSR count). The highest BCUT2D eigenvalue weighted by molar-refractivity contribution is 5.45. The van der Waals surface area contributed by atoms with Gasteiger partial charge in [0.2, 0.25) is 5.88 Å². The van der Waals surface area contributed by atoms with Crippen molar-refractivity contribution < 1.29 is 9.66 Å². The molecule has 2 N–H and O–H groups in total. The number of nitrogen functional groups attached to an aromatic ring is 1. The summed E-state index contributed by atoms with van der Waals surface area (Å²) in [6.45, 7) is 1.99. The Labute approximate surface area is 133 Å². The third kappa shape index (κ3) is 3.07. The van der Waals surface area contributed by atoms with Crippen molar-refractivity contribution in [2.75, 3.05) is 19.4 Å². The van der Waals surface area contributed by atoms with Crippen LogP contribution in [0.4, 0.5) is 11.5 Å². The van der Waals surface area contributed by atoms with Gasteiger partial charge in [-0.1, -0.05) is 6.07 Å². The molecule has 0 atom stereocenters. The van der Waals surface area contributed by atoms with E-state index in [1.54, 1.807) is 19.2 Å². The number of nitrogens with zero attached hydrogens (tertiary/aromatic N) is 4. The summed E-state index contributed by atoms with van der Waals surface area (Å²) < 4.78 is 5.24. The molecule has 2 heterocycles. The van der Waals surface area contributed by atoms with Gasteiger partial charge < -0.3 is 10.5 Å². The lowest BCUT2D eigenvalue weighted by atomic mass is 9.99. The van der Waals surface area contributed by atoms with Crippen LogP contribution in [0.2, 0.25) is 0 Å². The average Bonchev–Trinajstić information content (AvgIpc) is 2.56. The fourth-order valence-corrected chi connectivity index (χ4v) is 2.81. The largest absolute Gasteiger partial charge is 0.481 e. The van der Waals surface area contributed by atoms with Crippen molar-refractivity contribution in [1.29, 1.82) is 0 Å². The normalized spacial score (nSPS) is 14.3. The van der Waals surface area contributed by atoms with Crippen LogP contribution in [0.25, 0.3) is 0 Å². The van der Waals surface area contributed by atoms with Crippen molar-refractivity contribution in [2.45, 2.75) is 19.5 Å². The summed E-state index contributed by atoms with van der Waals surface area (Å²) in [4.78, 5) is 20.8. The highest BCUT2D eigenvalue weighted by Gasteiger charge is 2.21. The number of rotatable bonds is 4. The van der Waals surface area contributed by atoms with E-state index in [1.807, 2.05) is 6.07 Å². The maximum Gasteiger partial charge on any atom is 0.269 e. The predicted octanol–water partition coefficient (Wildman–Crippen LogP) is 1.53. The number of nitro benzene ring substituents is 1. The zero-order valence-electron chi connectivity index (χ0n) is 12.7. The molecule has 8 heteroatoms. The van der Waals surface area contributed by atoms with E-state index in [-0.39, 0.29) is 10.6 Å². The molecule has 8 nitrogen and oxygen atoms in total. The molecule has 1 aromatic heterocycles. The second-order valence-electron chi connectivity index (χ2n) is 5.42. The molecule has 23 heavy (non-hydrogen) atoms. The first-order valence-electron chi connectivity index (χ1n) is 7.20. The van der Waals surface area contributed by atoms with E-state index < -0.39 is 0 Å². The Morgan fingerprint density at radius 2 is 2.22 bits per heavy atom. The number of anilines is 1. The maximum absolute atomic E-state index is 10.9. The Bertz CT molecular complexity index is 750. The lowest BCUT2D eigenvalue weighted by molar-refractivity contribution is -0.385. The lowest BCUT2D eigenvalue weighted by Gasteiger charge is -2.29. The summed E-state index contributed by atoms with van der Waals surface area (Å²) in [6, 6.07) is 5.04. The van der Waals surface area contributed by atoms with E-state index in [0.29, 0.717) is 24.8 Å². The van der Waals surface area contributed by atoms with Gasteiger partial charge in [0.25, 0.3) is 5.69 Å². The van der Waals surface area contributed by atoms with Gasteiger partial charge >= 0.3 is 0 Å². The molecule has 0 fully saturated rings. The van der Waals surface area contributed by atoms with Crippen molar-refractivity contribution >= 4 is 11.5 Å². The molecule has 0 spiro atoms. The van der Waals surface area contributed by atoms with E-state index in [0.717, 1.165) is 29.7 Å². The summed E-state index contributed by atoms with van der Waals surface area (Å²) in [6.07, 6.45) is 2.20. The van der Waals surface area contributed by atoms with Crippen LogP contribution in [0.3, 0.4) is 0 Å². The lowest BCUT2D eigenvalue weighted by Crippen LogP contribution is -2.30. The zero-order chi connectivity index (χ0) is 16.4. The second kappa shape index (κ2) is 6.17. The van der Waals surface area contributed by atoms with Crippen LogP contribution >= 0.6 is 0 Å². The number of nitro groups is 1. The third-order valence-electron chi connectivity index (χ3n) is 4.01. The number of hydrogen-bond donors (Lipinski definition) is 1. The molecule has 1 aromatic carbocycles. The van der Waals surface area contributed by atoms with Gasteiger partial charge in [0.1, 0.15) is 12.1 Å². The minimum Gasteiger partial charge on any atom is -0.481 e. The fraction of sp³-hybridized carbons (Fsp3) is 0.333. The minimum atomic E-state index is -0.370. The molecule has 120 valence electrons. The van der Waals surface area contributed by atoms with Gasteiger partial charge in [0, 0.05) is 31.8 Å². The molecule has 2 aromatic rings. The molecule has 0 aliphatic carbocycles. The molecule has 1 aliphatic heterocycles. The van der Waals surface area contributed by atoms with Crippen LogP contribution in [0.5, 0.6) is 5.88 Å². The summed E-state index contributed by atoms with van der Waals surface area (Å²) in [5.41, 5.74) is 8.90. The van der Waals surface area contributed by atoms with Gasteiger partial charge in [0.05, 0.1) is 17.6 Å². The summed E-state index contributed by atoms with van der Waals surface area (Å²) in [5.74, 6) is 0.851. The van der Waals surface area contributed by atoms with Gasteiger partial charge in [-0.25, -0.2) is 9.97 Å². The molecule has 1 aliphatic rings. The van der Waals surface area contributed by atoms with Crippen molar-refractivity contribution in [3.8, 4) is 5.88 Å². The number of ether oxygens (including phenoxy) is 1. The van der Waals surface area contributed by atoms with Crippen molar-refractivity contribution in [3.63, 3.8) is 0 Å². The molecule has 0 unspecified atom stereocenters. The van der Waals surface area contributed by atoms with Crippen molar-refractivity contribution in [2.24, 2.45) is 0 Å². The monoisotopic (exact) mass is 315 g/mol. The van der Waals surface area contributed by atoms with Crippen molar-refractivity contribution in [3.05, 3.63) is 51.3 Å². The molecular weight excluding hydrogens is 298 g/mol. The highest BCUT2D eigenvalue weighted by Crippen LogP contribution is 2.27. The Hall–Kier alpha value is -2.74. The Kier molecular flexibility index (Phi) is 4.07. The van der Waals surface area contributed by atoms with Crippen LogP contribution in [-0.4, -0.2) is 33.4 Å². The van der Waals surface area contributed by atoms with E-state index in [4.69, 9.17) is 10.5 Å². The number of aromatic nitrogens is 2. The van der Waals surface area contributed by atoms with Crippen LogP contribution in [0, 0.1) is 10.1 Å². The predicted molar refractivity (Wildman–Crippen MR) is 83.9 cm³/mol. The molecule has 0 saturated heterocycles. The van der Waals surface area contributed by atoms with Crippen LogP contribution in [0.1, 0.15) is 16.7 Å². The van der Waals surface area contributed by atoms with Crippen molar-refractivity contribution in [1.82, 2.24) is 14.9 Å². The van der Waals surface area contributed by atoms with E-state index in [9.17, 15) is 10.1 Å². The van der Waals surface area contributed by atoms with Gasteiger partial charge in [-0.3, -0.25) is 15.0 Å². The second-order valence-corrected chi connectivity index (χ2v) is 5.42. The summed E-state index contributed by atoms with van der Waals surface area (Å²) >= 11 is 0. The Morgan fingerprint density at radius 3 is 2.96 bits per heavy atom. The first-order chi connectivity index (χ1) is 11.1. The number of nitrogens with two attached hydrogens (primary N) is 1. The molecule has 0 saturated carbocycles. The first-order valence-corrected chi connectivity index (χ1v) is 7.20. The van der Waals surface area contributed by atoms with E-state index in [1.165, 1.54) is 6.33 Å². The van der Waals surface area contributed by atoms with Crippen LogP contribution < -0.4 is 10.5 Å². The number of fused-ring (bicyclic) bond motifs is 1. The van der Waals surface area contributed by atoms with E-state index >= 15 is 0 Å². The number of non-ortho nitro benzene ring substituents is 1. The average molecular weight is 315 g/mol. The summed E-state index contributed by atoms with van der Waals surface area (Å²) in [5, 5.41) is 10.9. The number of methoxy groups -OCH3 is 1. The third-order valence-corrected chi connectivity index (χ3v) is 4.01. The number of benzene rings is 1. The van der Waals surface area contributed by atoms with Gasteiger partial charge in [-0.05, 0) is 17.5 Å². The summed E-state index contributed by atoms with van der Waals surface area (Å²) in [7, 11) is 1.54. The topological polar surface area (TPSA) is 107 Å². The van der Waals surface area contributed by atoms with Crippen LogP contribution in [0.15, 0.2) is 24.5 Å². The van der Waals surface area contributed by atoms with Gasteiger partial charge in [0.15, 0.2) is 0 Å². The quantitative estimate of drug-likeness (QED) is 0.673. The maximum atomic E-state index is 10.9. The smallest absolute Gasteiger partial charge is 0.269 e. The molecule has 0 radical (unpaired) electrons. The van der Waals surface area contributed by atoms with Gasteiger partial charge in [-0.2, -0.15) is 0 Å². The zero-order valence-corrected chi connectivity index (χ0v) is 12.7. The Balaban J connectivity index is 1.82. The fourth-order valence-electron chi connectivity index (χ4n) is 2.81. The highest BCUT2D eigenvalue weighted by atomic mass is 16.6. The number of hydrogen-bond acceptors (Lipinski definition) is 7.